The average Bonchev–Trinajstić information content (AvgIpc) is 3.33. The highest BCUT2D eigenvalue weighted by atomic mass is 16.7. The SMILES string of the molecule is O=C(c1ccccc1)C1C(c2ccc([N+](=O)[O-])cc2)=NOC12C(=O)Nc1ccccc12. The molecule has 2 aliphatic rings. The first-order valence-electron chi connectivity index (χ1n) is 9.53. The summed E-state index contributed by atoms with van der Waals surface area (Å²) >= 11 is 0. The number of rotatable bonds is 4. The molecule has 3 aromatic carbocycles. The van der Waals surface area contributed by atoms with Crippen LogP contribution in [0.4, 0.5) is 11.4 Å². The van der Waals surface area contributed by atoms with Gasteiger partial charge in [-0.1, -0.05) is 53.7 Å². The van der Waals surface area contributed by atoms with E-state index in [2.05, 4.69) is 10.5 Å². The highest BCUT2D eigenvalue weighted by Gasteiger charge is 2.63. The van der Waals surface area contributed by atoms with Crippen LogP contribution < -0.4 is 5.32 Å². The second-order valence-electron chi connectivity index (χ2n) is 7.27. The number of fused-ring (bicyclic) bond motifs is 2. The Morgan fingerprint density at radius 3 is 2.39 bits per heavy atom. The molecule has 8 heteroatoms. The summed E-state index contributed by atoms with van der Waals surface area (Å²) in [6.45, 7) is 0. The van der Waals surface area contributed by atoms with Crippen LogP contribution in [0.5, 0.6) is 0 Å². The number of hydrogen-bond donors (Lipinski definition) is 1. The number of oxime groups is 1. The minimum Gasteiger partial charge on any atom is -0.373 e. The van der Waals surface area contributed by atoms with Crippen molar-refractivity contribution in [1.82, 2.24) is 0 Å². The molecule has 0 aromatic heterocycles. The Bertz CT molecular complexity index is 1250. The molecular weight excluding hydrogens is 398 g/mol. The normalized spacial score (nSPS) is 21.2. The number of carbonyl (C=O) groups is 2. The van der Waals surface area contributed by atoms with Gasteiger partial charge in [0, 0.05) is 34.5 Å². The van der Waals surface area contributed by atoms with Crippen LogP contribution in [-0.2, 0) is 15.2 Å². The van der Waals surface area contributed by atoms with E-state index in [9.17, 15) is 19.7 Å². The van der Waals surface area contributed by atoms with Crippen LogP contribution in [0.25, 0.3) is 0 Å². The molecular formula is C23H15N3O5. The van der Waals surface area contributed by atoms with Crippen LogP contribution in [0.3, 0.4) is 0 Å². The maximum absolute atomic E-state index is 13.7. The zero-order chi connectivity index (χ0) is 21.6. The van der Waals surface area contributed by atoms with Gasteiger partial charge in [-0.25, -0.2) is 0 Å². The van der Waals surface area contributed by atoms with E-state index in [0.29, 0.717) is 22.4 Å². The number of nitro benzene ring substituents is 1. The lowest BCUT2D eigenvalue weighted by Gasteiger charge is -2.26. The van der Waals surface area contributed by atoms with E-state index in [1.165, 1.54) is 24.3 Å². The Kier molecular flexibility index (Phi) is 4.14. The Balaban J connectivity index is 1.67. The fraction of sp³-hybridized carbons (Fsp3) is 0.0870. The summed E-state index contributed by atoms with van der Waals surface area (Å²) in [5, 5.41) is 18.0. The number of nitro groups is 1. The molecule has 31 heavy (non-hydrogen) atoms. The quantitative estimate of drug-likeness (QED) is 0.398. The van der Waals surface area contributed by atoms with Crippen molar-refractivity contribution < 1.29 is 19.3 Å². The standard InChI is InChI=1S/C23H15N3O5/c27-21(15-6-2-1-3-7-15)19-20(14-10-12-16(13-11-14)26(29)30)25-31-23(19)17-8-4-5-9-18(17)24-22(23)28/h1-13,19H,(H,24,28). The van der Waals surface area contributed by atoms with E-state index < -0.39 is 22.3 Å². The Labute approximate surface area is 176 Å². The summed E-state index contributed by atoms with van der Waals surface area (Å²) in [5.41, 5.74) is 0.454. The van der Waals surface area contributed by atoms with Gasteiger partial charge in [-0.15, -0.1) is 0 Å². The van der Waals surface area contributed by atoms with Crippen molar-refractivity contribution in [1.29, 1.82) is 0 Å². The lowest BCUT2D eigenvalue weighted by molar-refractivity contribution is -0.384. The molecule has 2 unspecified atom stereocenters. The molecule has 1 amide bonds. The first-order valence-corrected chi connectivity index (χ1v) is 9.53. The van der Waals surface area contributed by atoms with Crippen molar-refractivity contribution in [3.05, 3.63) is 106 Å². The number of non-ortho nitro benzene ring substituents is 1. The Morgan fingerprint density at radius 1 is 1.00 bits per heavy atom. The Morgan fingerprint density at radius 2 is 1.68 bits per heavy atom. The molecule has 5 rings (SSSR count). The maximum atomic E-state index is 13.7. The van der Waals surface area contributed by atoms with Gasteiger partial charge in [0.25, 0.3) is 17.2 Å². The van der Waals surface area contributed by atoms with Gasteiger partial charge in [0.15, 0.2) is 5.78 Å². The minimum absolute atomic E-state index is 0.0899. The third-order valence-electron chi connectivity index (χ3n) is 5.58. The van der Waals surface area contributed by atoms with Crippen molar-refractivity contribution in [2.75, 3.05) is 5.32 Å². The fourth-order valence-corrected chi connectivity index (χ4v) is 4.10. The van der Waals surface area contributed by atoms with E-state index >= 15 is 0 Å². The monoisotopic (exact) mass is 413 g/mol. The van der Waals surface area contributed by atoms with E-state index in [1.54, 1.807) is 54.6 Å². The second-order valence-corrected chi connectivity index (χ2v) is 7.27. The second kappa shape index (κ2) is 6.88. The Hall–Kier alpha value is -4.33. The topological polar surface area (TPSA) is 111 Å². The number of nitrogens with zero attached hydrogens (tertiary/aromatic N) is 2. The number of para-hydroxylation sites is 1. The van der Waals surface area contributed by atoms with Crippen molar-refractivity contribution in [3.63, 3.8) is 0 Å². The van der Waals surface area contributed by atoms with E-state index in [4.69, 9.17) is 4.84 Å². The maximum Gasteiger partial charge on any atom is 0.277 e. The largest absolute Gasteiger partial charge is 0.373 e. The molecule has 1 N–H and O–H groups in total. The van der Waals surface area contributed by atoms with Gasteiger partial charge in [0.1, 0.15) is 11.6 Å². The van der Waals surface area contributed by atoms with Gasteiger partial charge in [-0.05, 0) is 18.2 Å². The summed E-state index contributed by atoms with van der Waals surface area (Å²) in [7, 11) is 0. The van der Waals surface area contributed by atoms with Crippen molar-refractivity contribution in [2.45, 2.75) is 5.60 Å². The molecule has 0 saturated carbocycles. The third-order valence-corrected chi connectivity index (χ3v) is 5.58. The zero-order valence-electron chi connectivity index (χ0n) is 16.0. The van der Waals surface area contributed by atoms with Gasteiger partial charge in [0.2, 0.25) is 0 Å². The first kappa shape index (κ1) is 18.7. The van der Waals surface area contributed by atoms with E-state index in [-0.39, 0.29) is 17.2 Å². The zero-order valence-corrected chi connectivity index (χ0v) is 16.0. The van der Waals surface area contributed by atoms with Gasteiger partial charge >= 0.3 is 0 Å². The molecule has 0 fully saturated rings. The number of Topliss-reactive ketones (excluding diaryl/α,β-unsaturated/α-hetero) is 1. The summed E-state index contributed by atoms with van der Waals surface area (Å²) in [4.78, 5) is 43.1. The summed E-state index contributed by atoms with van der Waals surface area (Å²) < 4.78 is 0. The molecule has 3 aromatic rings. The van der Waals surface area contributed by atoms with E-state index in [1.807, 2.05) is 0 Å². The summed E-state index contributed by atoms with van der Waals surface area (Å²) in [6.07, 6.45) is 0. The highest BCUT2D eigenvalue weighted by molar-refractivity contribution is 6.24. The predicted octanol–water partition coefficient (Wildman–Crippen LogP) is 3.68. The molecule has 0 saturated heterocycles. The number of ketones is 1. The number of amides is 1. The molecule has 2 heterocycles. The van der Waals surface area contributed by atoms with Crippen LogP contribution in [0.15, 0.2) is 84.0 Å². The number of nitrogens with one attached hydrogen (secondary N) is 1. The molecule has 0 aliphatic carbocycles. The highest BCUT2D eigenvalue weighted by Crippen LogP contribution is 2.49. The minimum atomic E-state index is -1.65. The predicted molar refractivity (Wildman–Crippen MR) is 112 cm³/mol. The van der Waals surface area contributed by atoms with Gasteiger partial charge in [-0.2, -0.15) is 0 Å². The molecule has 8 nitrogen and oxygen atoms in total. The molecule has 2 aliphatic heterocycles. The third kappa shape index (κ3) is 2.72. The van der Waals surface area contributed by atoms with Crippen LogP contribution in [-0.4, -0.2) is 22.3 Å². The van der Waals surface area contributed by atoms with Gasteiger partial charge < -0.3 is 10.2 Å². The van der Waals surface area contributed by atoms with E-state index in [0.717, 1.165) is 0 Å². The fourth-order valence-electron chi connectivity index (χ4n) is 4.10. The van der Waals surface area contributed by atoms with Gasteiger partial charge in [-0.3, -0.25) is 19.7 Å². The van der Waals surface area contributed by atoms with Crippen LogP contribution in [0.1, 0.15) is 21.5 Å². The molecule has 2 atom stereocenters. The molecule has 1 spiro atoms. The van der Waals surface area contributed by atoms with Crippen molar-refractivity contribution in [2.24, 2.45) is 11.1 Å². The van der Waals surface area contributed by atoms with Gasteiger partial charge in [0.05, 0.1) is 4.92 Å². The molecule has 0 bridgehead atoms. The summed E-state index contributed by atoms with van der Waals surface area (Å²) in [5.74, 6) is -1.88. The van der Waals surface area contributed by atoms with Crippen molar-refractivity contribution >= 4 is 28.8 Å². The average molecular weight is 413 g/mol. The number of carbonyl (C=O) groups excluding carboxylic acids is 2. The molecule has 0 radical (unpaired) electrons. The number of benzene rings is 3. The van der Waals surface area contributed by atoms with Crippen molar-refractivity contribution in [3.8, 4) is 0 Å². The lowest BCUT2D eigenvalue weighted by atomic mass is 9.74. The summed E-state index contributed by atoms with van der Waals surface area (Å²) in [6, 6.07) is 21.3. The number of anilines is 1. The number of hydrogen-bond acceptors (Lipinski definition) is 6. The molecule has 152 valence electrons. The van der Waals surface area contributed by atoms with Crippen LogP contribution in [0.2, 0.25) is 0 Å². The van der Waals surface area contributed by atoms with Crippen LogP contribution >= 0.6 is 0 Å². The lowest BCUT2D eigenvalue weighted by Crippen LogP contribution is -2.46. The first-order chi connectivity index (χ1) is 15.0. The smallest absolute Gasteiger partial charge is 0.277 e. The van der Waals surface area contributed by atoms with Crippen LogP contribution in [0, 0.1) is 16.0 Å².